The third-order valence-electron chi connectivity index (χ3n) is 13.6. The van der Waals surface area contributed by atoms with Gasteiger partial charge in [-0.3, -0.25) is 0 Å². The molecule has 4 heterocycles. The van der Waals surface area contributed by atoms with E-state index in [2.05, 4.69) is 225 Å². The van der Waals surface area contributed by atoms with E-state index in [1.165, 1.54) is 124 Å². The molecular weight excluding hydrogens is 812 g/mol. The van der Waals surface area contributed by atoms with Crippen molar-refractivity contribution in [1.29, 1.82) is 0 Å². The fraction of sp³-hybridized carbons (Fsp3) is 0.0847. The lowest BCUT2D eigenvalue weighted by molar-refractivity contribution is 0.590. The van der Waals surface area contributed by atoms with Crippen LogP contribution in [0.5, 0.6) is 0 Å². The molecule has 9 aromatic carbocycles. The van der Waals surface area contributed by atoms with Crippen molar-refractivity contribution in [2.75, 3.05) is 9.71 Å². The molecule has 0 N–H and O–H groups in total. The van der Waals surface area contributed by atoms with Crippen LogP contribution >= 0.6 is 22.7 Å². The lowest BCUT2D eigenvalue weighted by atomic mass is 9.46. The van der Waals surface area contributed by atoms with Gasteiger partial charge in [0.05, 0.1) is 11.4 Å². The molecule has 0 bridgehead atoms. The SMILES string of the molecule is Cc1cc2c3c(c1)N(c1ccc(C(C)(C)C)cc1-c1ccccc1)c1c(sc4c1ccc1ccccc14)B3N(c1ccc(-c3ccccc3)cc1)c1cc3sc4ccccc4c3cc1-2. The van der Waals surface area contributed by atoms with Crippen molar-refractivity contribution >= 4 is 109 Å². The number of thiophene rings is 2. The Kier molecular flexibility index (Phi) is 8.26. The normalized spacial score (nSPS) is 13.2. The van der Waals surface area contributed by atoms with E-state index in [-0.39, 0.29) is 12.3 Å². The fourth-order valence-corrected chi connectivity index (χ4v) is 13.1. The van der Waals surface area contributed by atoms with Gasteiger partial charge in [-0.15, -0.1) is 22.7 Å². The Balaban J connectivity index is 1.16. The van der Waals surface area contributed by atoms with E-state index in [0.717, 1.165) is 0 Å². The molecule has 2 aliphatic rings. The molecule has 0 spiro atoms. The minimum atomic E-state index is -0.0797. The van der Waals surface area contributed by atoms with E-state index in [1.54, 1.807) is 0 Å². The number of hydrogen-bond donors (Lipinski definition) is 0. The zero-order valence-corrected chi connectivity index (χ0v) is 37.8. The smallest absolute Gasteiger partial charge is 0.343 e. The van der Waals surface area contributed by atoms with Crippen LogP contribution in [-0.4, -0.2) is 6.85 Å². The first-order valence-electron chi connectivity index (χ1n) is 22.3. The van der Waals surface area contributed by atoms with Gasteiger partial charge in [0.2, 0.25) is 0 Å². The number of rotatable bonds is 4. The van der Waals surface area contributed by atoms with Crippen LogP contribution in [0.25, 0.3) is 74.4 Å². The molecule has 0 saturated carbocycles. The third-order valence-corrected chi connectivity index (χ3v) is 16.0. The Hall–Kier alpha value is -6.92. The van der Waals surface area contributed by atoms with Crippen molar-refractivity contribution in [3.63, 3.8) is 0 Å². The van der Waals surface area contributed by atoms with Gasteiger partial charge in [0, 0.05) is 63.2 Å². The van der Waals surface area contributed by atoms with E-state index in [9.17, 15) is 0 Å². The molecule has 5 heteroatoms. The van der Waals surface area contributed by atoms with E-state index in [0.29, 0.717) is 0 Å². The van der Waals surface area contributed by atoms with Gasteiger partial charge >= 0.3 is 6.85 Å². The molecule has 0 saturated heterocycles. The average molecular weight is 855 g/mol. The zero-order chi connectivity index (χ0) is 42.8. The predicted octanol–water partition coefficient (Wildman–Crippen LogP) is 16.1. The largest absolute Gasteiger partial charge is 0.376 e. The van der Waals surface area contributed by atoms with E-state index in [1.807, 2.05) is 22.7 Å². The van der Waals surface area contributed by atoms with Gasteiger partial charge in [-0.1, -0.05) is 160 Å². The lowest BCUT2D eigenvalue weighted by Gasteiger charge is -2.45. The Morgan fingerprint density at radius 1 is 0.469 bits per heavy atom. The molecule has 0 unspecified atom stereocenters. The second kappa shape index (κ2) is 14.0. The van der Waals surface area contributed by atoms with E-state index >= 15 is 0 Å². The Morgan fingerprint density at radius 3 is 1.95 bits per heavy atom. The average Bonchev–Trinajstić information content (AvgIpc) is 3.90. The highest BCUT2D eigenvalue weighted by molar-refractivity contribution is 7.33. The molecule has 2 aliphatic heterocycles. The highest BCUT2D eigenvalue weighted by Gasteiger charge is 2.47. The molecule has 0 fully saturated rings. The van der Waals surface area contributed by atoms with Crippen molar-refractivity contribution in [2.24, 2.45) is 0 Å². The Morgan fingerprint density at radius 2 is 1.17 bits per heavy atom. The summed E-state index contributed by atoms with van der Waals surface area (Å²) in [7, 11) is 0. The maximum Gasteiger partial charge on any atom is 0.343 e. The number of aryl methyl sites for hydroxylation is 1. The quantitative estimate of drug-likeness (QED) is 0.163. The second-order valence-corrected chi connectivity index (χ2v) is 20.7. The van der Waals surface area contributed by atoms with Crippen LogP contribution in [0.1, 0.15) is 31.9 Å². The summed E-state index contributed by atoms with van der Waals surface area (Å²) in [6, 6.07) is 70.8. The summed E-state index contributed by atoms with van der Waals surface area (Å²) in [5.74, 6) is 0. The van der Waals surface area contributed by atoms with Gasteiger partial charge in [-0.2, -0.15) is 0 Å². The molecule has 0 radical (unpaired) electrons. The van der Waals surface area contributed by atoms with Crippen LogP contribution < -0.4 is 20.0 Å². The van der Waals surface area contributed by atoms with Gasteiger partial charge in [-0.05, 0) is 110 Å². The van der Waals surface area contributed by atoms with Crippen molar-refractivity contribution in [3.8, 4) is 33.4 Å². The predicted molar refractivity (Wildman–Crippen MR) is 280 cm³/mol. The highest BCUT2D eigenvalue weighted by Crippen LogP contribution is 2.54. The molecule has 13 rings (SSSR count). The molecule has 0 aliphatic carbocycles. The maximum absolute atomic E-state index is 2.68. The van der Waals surface area contributed by atoms with Crippen molar-refractivity contribution in [2.45, 2.75) is 33.1 Å². The molecule has 64 heavy (non-hydrogen) atoms. The van der Waals surface area contributed by atoms with E-state index in [4.69, 9.17) is 0 Å². The van der Waals surface area contributed by atoms with Crippen LogP contribution in [0.15, 0.2) is 188 Å². The van der Waals surface area contributed by atoms with Gasteiger partial charge in [0.15, 0.2) is 0 Å². The monoisotopic (exact) mass is 854 g/mol. The van der Waals surface area contributed by atoms with Crippen molar-refractivity contribution in [1.82, 2.24) is 0 Å². The minimum Gasteiger partial charge on any atom is -0.376 e. The zero-order valence-electron chi connectivity index (χ0n) is 36.2. The summed E-state index contributed by atoms with van der Waals surface area (Å²) < 4.78 is 5.32. The van der Waals surface area contributed by atoms with E-state index < -0.39 is 0 Å². The molecule has 11 aromatic rings. The Bertz CT molecular complexity index is 3670. The topological polar surface area (TPSA) is 6.48 Å². The van der Waals surface area contributed by atoms with Crippen LogP contribution in [0, 0.1) is 6.92 Å². The summed E-state index contributed by atoms with van der Waals surface area (Å²) in [6.07, 6.45) is 0. The second-order valence-electron chi connectivity index (χ2n) is 18.6. The maximum atomic E-state index is 2.68. The number of hydrogen-bond acceptors (Lipinski definition) is 4. The van der Waals surface area contributed by atoms with Gasteiger partial charge in [0.1, 0.15) is 0 Å². The summed E-state index contributed by atoms with van der Waals surface area (Å²) in [6.45, 7) is 9.17. The molecular formula is C59H43BN2S2. The first kappa shape index (κ1) is 37.6. The third kappa shape index (κ3) is 5.64. The molecule has 2 nitrogen and oxygen atoms in total. The summed E-state index contributed by atoms with van der Waals surface area (Å²) >= 11 is 3.88. The number of nitrogens with zero attached hydrogens (tertiary/aromatic N) is 2. The van der Waals surface area contributed by atoms with Gasteiger partial charge in [0.25, 0.3) is 0 Å². The molecule has 0 amide bonds. The summed E-state index contributed by atoms with van der Waals surface area (Å²) in [5.41, 5.74) is 17.6. The van der Waals surface area contributed by atoms with Crippen LogP contribution in [0.2, 0.25) is 0 Å². The Labute approximate surface area is 382 Å². The fourth-order valence-electron chi connectivity index (χ4n) is 10.6. The van der Waals surface area contributed by atoms with Gasteiger partial charge in [-0.25, -0.2) is 0 Å². The standard InChI is InChI=1S/C59H43BN2S2/c1-36-31-49-47-34-48-44-21-13-14-22-53(44)63-54(48)35-51(47)62(42-27-23-38(24-28-42)37-15-7-5-8-16-37)60-55(49)52(32-36)61(56-45-29-25-40-19-11-12-20-43(40)57(45)64-58(56)60)50-30-26-41(59(2,3)4)33-46(50)39-17-9-6-10-18-39/h5-35H,1-4H3. The van der Waals surface area contributed by atoms with Crippen LogP contribution in [0.4, 0.5) is 28.4 Å². The number of anilines is 5. The lowest BCUT2D eigenvalue weighted by Crippen LogP contribution is -2.60. The minimum absolute atomic E-state index is 0.0197. The first-order valence-corrected chi connectivity index (χ1v) is 23.9. The van der Waals surface area contributed by atoms with Gasteiger partial charge < -0.3 is 9.71 Å². The van der Waals surface area contributed by atoms with Crippen LogP contribution in [0.3, 0.4) is 0 Å². The first-order chi connectivity index (χ1) is 31.3. The molecule has 304 valence electrons. The molecule has 0 atom stereocenters. The van der Waals surface area contributed by atoms with Crippen LogP contribution in [-0.2, 0) is 5.41 Å². The summed E-state index contributed by atoms with van der Waals surface area (Å²) in [4.78, 5) is 5.34. The highest BCUT2D eigenvalue weighted by atomic mass is 32.1. The van der Waals surface area contributed by atoms with Crippen molar-refractivity contribution < 1.29 is 0 Å². The molecule has 2 aromatic heterocycles. The number of fused-ring (bicyclic) bond motifs is 11. The summed E-state index contributed by atoms with van der Waals surface area (Å²) in [5, 5.41) is 6.49. The number of benzene rings is 9. The van der Waals surface area contributed by atoms with Crippen molar-refractivity contribution in [3.05, 3.63) is 199 Å².